The molecule has 0 aliphatic carbocycles. The van der Waals surface area contributed by atoms with Crippen molar-refractivity contribution in [3.8, 4) is 0 Å². The van der Waals surface area contributed by atoms with Gasteiger partial charge in [-0.25, -0.2) is 13.6 Å². The third-order valence-corrected chi connectivity index (χ3v) is 5.47. The maximum atomic E-state index is 12.8. The molecule has 0 spiro atoms. The van der Waals surface area contributed by atoms with Crippen molar-refractivity contribution in [2.24, 2.45) is 5.14 Å². The van der Waals surface area contributed by atoms with Crippen molar-refractivity contribution in [2.75, 3.05) is 20.1 Å². The van der Waals surface area contributed by atoms with E-state index in [1.54, 1.807) is 17.9 Å². The molecule has 8 heteroatoms. The van der Waals surface area contributed by atoms with Gasteiger partial charge in [-0.1, -0.05) is 15.9 Å². The zero-order chi connectivity index (χ0) is 16.5. The lowest BCUT2D eigenvalue weighted by molar-refractivity contribution is 0.0697. The summed E-state index contributed by atoms with van der Waals surface area (Å²) < 4.78 is 23.9. The van der Waals surface area contributed by atoms with Gasteiger partial charge in [0.05, 0.1) is 4.90 Å². The Morgan fingerprint density at radius 3 is 2.73 bits per heavy atom. The summed E-state index contributed by atoms with van der Waals surface area (Å²) in [7, 11) is -1.99. The van der Waals surface area contributed by atoms with E-state index < -0.39 is 10.0 Å². The van der Waals surface area contributed by atoms with Crippen molar-refractivity contribution in [2.45, 2.75) is 30.7 Å². The quantitative estimate of drug-likeness (QED) is 0.812. The number of amides is 1. The Kier molecular flexibility index (Phi) is 5.26. The molecular formula is C14H20BrN3O3S. The third kappa shape index (κ3) is 3.68. The van der Waals surface area contributed by atoms with Gasteiger partial charge in [-0.05, 0) is 44.5 Å². The molecule has 2 rings (SSSR count). The molecule has 1 heterocycles. The largest absolute Gasteiger partial charge is 0.337 e. The van der Waals surface area contributed by atoms with E-state index in [-0.39, 0.29) is 16.8 Å². The van der Waals surface area contributed by atoms with Gasteiger partial charge in [0.2, 0.25) is 10.0 Å². The maximum Gasteiger partial charge on any atom is 0.254 e. The van der Waals surface area contributed by atoms with Gasteiger partial charge >= 0.3 is 0 Å². The molecule has 1 aromatic carbocycles. The smallest absolute Gasteiger partial charge is 0.254 e. The summed E-state index contributed by atoms with van der Waals surface area (Å²) in [5, 5.41) is 8.42. The number of nitrogens with one attached hydrogen (secondary N) is 1. The number of sulfonamides is 1. The molecule has 0 saturated carbocycles. The normalized spacial score (nSPS) is 19.3. The molecule has 1 aromatic rings. The first-order valence-corrected chi connectivity index (χ1v) is 9.37. The maximum absolute atomic E-state index is 12.8. The number of piperidine rings is 1. The minimum absolute atomic E-state index is 0.0209. The van der Waals surface area contributed by atoms with Crippen LogP contribution in [0.4, 0.5) is 0 Å². The highest BCUT2D eigenvalue weighted by Gasteiger charge is 2.26. The van der Waals surface area contributed by atoms with E-state index in [0.717, 1.165) is 12.8 Å². The molecular weight excluding hydrogens is 370 g/mol. The summed E-state index contributed by atoms with van der Waals surface area (Å²) in [6.07, 6.45) is 1.95. The summed E-state index contributed by atoms with van der Waals surface area (Å²) in [4.78, 5) is 14.5. The lowest BCUT2D eigenvalue weighted by Gasteiger charge is -2.33. The lowest BCUT2D eigenvalue weighted by Crippen LogP contribution is -2.47. The Balaban J connectivity index is 2.40. The molecule has 0 bridgehead atoms. The van der Waals surface area contributed by atoms with Crippen LogP contribution in [0.5, 0.6) is 0 Å². The van der Waals surface area contributed by atoms with E-state index in [0.29, 0.717) is 28.7 Å². The van der Waals surface area contributed by atoms with E-state index in [4.69, 9.17) is 5.14 Å². The second kappa shape index (κ2) is 6.66. The summed E-state index contributed by atoms with van der Waals surface area (Å²) >= 11 is 3.25. The number of nitrogens with two attached hydrogens (primary N) is 1. The summed E-state index contributed by atoms with van der Waals surface area (Å²) in [6.45, 7) is 2.90. The molecule has 1 atom stereocenters. The van der Waals surface area contributed by atoms with Crippen molar-refractivity contribution in [1.29, 1.82) is 0 Å². The van der Waals surface area contributed by atoms with Crippen molar-refractivity contribution in [3.63, 3.8) is 0 Å². The fourth-order valence-electron chi connectivity index (χ4n) is 2.74. The van der Waals surface area contributed by atoms with Crippen LogP contribution in [0.3, 0.4) is 0 Å². The zero-order valence-corrected chi connectivity index (χ0v) is 15.0. The number of carbonyl (C=O) groups excluding carboxylic acids is 1. The summed E-state index contributed by atoms with van der Waals surface area (Å²) in [6, 6.07) is 3.34. The highest BCUT2D eigenvalue weighted by Crippen LogP contribution is 2.26. The van der Waals surface area contributed by atoms with Gasteiger partial charge < -0.3 is 10.2 Å². The lowest BCUT2D eigenvalue weighted by atomic mass is 10.0. The number of hydrogen-bond donors (Lipinski definition) is 2. The first kappa shape index (κ1) is 17.4. The first-order chi connectivity index (χ1) is 10.2. The first-order valence-electron chi connectivity index (χ1n) is 7.03. The van der Waals surface area contributed by atoms with Crippen LogP contribution in [-0.4, -0.2) is 45.4 Å². The summed E-state index contributed by atoms with van der Waals surface area (Å²) in [5.41, 5.74) is 0.762. The predicted octanol–water partition coefficient (Wildman–Crippen LogP) is 1.23. The van der Waals surface area contributed by atoms with E-state index >= 15 is 0 Å². The second-order valence-corrected chi connectivity index (χ2v) is 7.95. The molecule has 1 unspecified atom stereocenters. The fraction of sp³-hybridized carbons (Fsp3) is 0.500. The number of carbonyl (C=O) groups is 1. The van der Waals surface area contributed by atoms with E-state index in [2.05, 4.69) is 21.2 Å². The summed E-state index contributed by atoms with van der Waals surface area (Å²) in [5.74, 6) is -0.163. The fourth-order valence-corrected chi connectivity index (χ4v) is 4.18. The number of benzene rings is 1. The Hall–Kier alpha value is -0.960. The van der Waals surface area contributed by atoms with Gasteiger partial charge in [0.25, 0.3) is 5.91 Å². The Morgan fingerprint density at radius 1 is 1.45 bits per heavy atom. The number of rotatable bonds is 3. The van der Waals surface area contributed by atoms with Gasteiger partial charge in [0, 0.05) is 29.2 Å². The van der Waals surface area contributed by atoms with Gasteiger partial charge in [-0.3, -0.25) is 4.79 Å². The average molecular weight is 390 g/mol. The van der Waals surface area contributed by atoms with Crippen LogP contribution in [-0.2, 0) is 10.0 Å². The SMILES string of the molecule is CNC1CCCN(C(=O)c2cc(Br)cc(S(N)(=O)=O)c2C)C1. The molecule has 0 aromatic heterocycles. The predicted molar refractivity (Wildman–Crippen MR) is 88.2 cm³/mol. The van der Waals surface area contributed by atoms with Crippen molar-refractivity contribution in [3.05, 3.63) is 27.7 Å². The van der Waals surface area contributed by atoms with Crippen LogP contribution in [0.2, 0.25) is 0 Å². The van der Waals surface area contributed by atoms with Gasteiger partial charge in [-0.15, -0.1) is 0 Å². The second-order valence-electron chi connectivity index (χ2n) is 5.50. The monoisotopic (exact) mass is 389 g/mol. The van der Waals surface area contributed by atoms with Gasteiger partial charge in [0.1, 0.15) is 0 Å². The van der Waals surface area contributed by atoms with Crippen molar-refractivity contribution in [1.82, 2.24) is 10.2 Å². The van der Waals surface area contributed by atoms with Crippen molar-refractivity contribution < 1.29 is 13.2 Å². The average Bonchev–Trinajstić information content (AvgIpc) is 2.47. The standard InChI is InChI=1S/C14H20BrN3O3S/c1-9-12(6-10(15)7-13(9)22(16,20)21)14(19)18-5-3-4-11(8-18)17-2/h6-7,11,17H,3-5,8H2,1-2H3,(H2,16,20,21). The number of nitrogens with zero attached hydrogens (tertiary/aromatic N) is 1. The van der Waals surface area contributed by atoms with Crippen LogP contribution < -0.4 is 10.5 Å². The minimum atomic E-state index is -3.87. The van der Waals surface area contributed by atoms with Crippen LogP contribution in [0.15, 0.2) is 21.5 Å². The number of hydrogen-bond acceptors (Lipinski definition) is 4. The topological polar surface area (TPSA) is 92.5 Å². The third-order valence-electron chi connectivity index (χ3n) is 3.98. The Morgan fingerprint density at radius 2 is 2.14 bits per heavy atom. The number of likely N-dealkylation sites (tertiary alicyclic amines) is 1. The molecule has 1 fully saturated rings. The number of likely N-dealkylation sites (N-methyl/N-ethyl adjacent to an activating group) is 1. The van der Waals surface area contributed by atoms with Crippen LogP contribution >= 0.6 is 15.9 Å². The Bertz CT molecular complexity index is 691. The van der Waals surface area contributed by atoms with Crippen LogP contribution in [0.1, 0.15) is 28.8 Å². The molecule has 22 heavy (non-hydrogen) atoms. The van der Waals surface area contributed by atoms with E-state index in [1.807, 2.05) is 7.05 Å². The highest BCUT2D eigenvalue weighted by atomic mass is 79.9. The van der Waals surface area contributed by atoms with Crippen molar-refractivity contribution >= 4 is 31.9 Å². The van der Waals surface area contributed by atoms with Crippen LogP contribution in [0, 0.1) is 6.92 Å². The molecule has 1 saturated heterocycles. The molecule has 3 N–H and O–H groups in total. The van der Waals surface area contributed by atoms with E-state index in [1.165, 1.54) is 6.07 Å². The molecule has 6 nitrogen and oxygen atoms in total. The minimum Gasteiger partial charge on any atom is -0.337 e. The zero-order valence-electron chi connectivity index (χ0n) is 12.6. The van der Waals surface area contributed by atoms with Crippen LogP contribution in [0.25, 0.3) is 0 Å². The molecule has 1 aliphatic heterocycles. The molecule has 122 valence electrons. The molecule has 1 aliphatic rings. The molecule has 0 radical (unpaired) electrons. The molecule has 1 amide bonds. The Labute approximate surface area is 139 Å². The highest BCUT2D eigenvalue weighted by molar-refractivity contribution is 9.10. The number of halogens is 1. The number of primary sulfonamides is 1. The van der Waals surface area contributed by atoms with E-state index in [9.17, 15) is 13.2 Å². The van der Waals surface area contributed by atoms with Gasteiger partial charge in [-0.2, -0.15) is 0 Å². The van der Waals surface area contributed by atoms with Gasteiger partial charge in [0.15, 0.2) is 0 Å².